The van der Waals surface area contributed by atoms with Gasteiger partial charge in [0.1, 0.15) is 0 Å². The second kappa shape index (κ2) is 6.40. The summed E-state index contributed by atoms with van der Waals surface area (Å²) in [5, 5.41) is 12.8. The van der Waals surface area contributed by atoms with E-state index in [1.54, 1.807) is 0 Å². The van der Waals surface area contributed by atoms with Crippen molar-refractivity contribution in [3.63, 3.8) is 0 Å². The lowest BCUT2D eigenvalue weighted by molar-refractivity contribution is 0.263. The average molecular weight is 262 g/mol. The Balaban J connectivity index is 2.15. The van der Waals surface area contributed by atoms with Gasteiger partial charge in [-0.2, -0.15) is 0 Å². The standard InChI is InChI=1S/C16H26N2O/c1-12-4-5-16(10-13(12)2)18-8-6-14(3)17-15(11-18)7-9-19/h4-5,10,14-15,17,19H,6-9,11H2,1-3H3. The second-order valence-electron chi connectivity index (χ2n) is 5.78. The minimum atomic E-state index is 0.255. The molecule has 0 aliphatic carbocycles. The van der Waals surface area contributed by atoms with Crippen molar-refractivity contribution in [1.29, 1.82) is 0 Å². The van der Waals surface area contributed by atoms with E-state index in [9.17, 15) is 5.11 Å². The molecule has 1 fully saturated rings. The normalized spacial score (nSPS) is 24.3. The zero-order valence-corrected chi connectivity index (χ0v) is 12.3. The number of rotatable bonds is 3. The molecule has 2 N–H and O–H groups in total. The molecule has 2 unspecified atom stereocenters. The maximum absolute atomic E-state index is 9.18. The molecule has 19 heavy (non-hydrogen) atoms. The summed E-state index contributed by atoms with van der Waals surface area (Å²) >= 11 is 0. The number of nitrogens with one attached hydrogen (secondary N) is 1. The van der Waals surface area contributed by atoms with Crippen molar-refractivity contribution in [2.75, 3.05) is 24.6 Å². The Morgan fingerprint density at radius 2 is 2.11 bits per heavy atom. The summed E-state index contributed by atoms with van der Waals surface area (Å²) in [6.45, 7) is 8.87. The van der Waals surface area contributed by atoms with Gasteiger partial charge in [0.25, 0.3) is 0 Å². The molecule has 2 rings (SSSR count). The van der Waals surface area contributed by atoms with Crippen LogP contribution in [0.2, 0.25) is 0 Å². The number of nitrogens with zero attached hydrogens (tertiary/aromatic N) is 1. The third-order valence-electron chi connectivity index (χ3n) is 4.13. The number of hydrogen-bond donors (Lipinski definition) is 2. The predicted octanol–water partition coefficient (Wildman–Crippen LogP) is 2.24. The topological polar surface area (TPSA) is 35.5 Å². The Kier molecular flexibility index (Phi) is 4.83. The van der Waals surface area contributed by atoms with Gasteiger partial charge in [0.05, 0.1) is 0 Å². The lowest BCUT2D eigenvalue weighted by Gasteiger charge is -2.27. The molecule has 0 saturated carbocycles. The quantitative estimate of drug-likeness (QED) is 0.877. The summed E-state index contributed by atoms with van der Waals surface area (Å²) in [5.74, 6) is 0. The van der Waals surface area contributed by atoms with Crippen molar-refractivity contribution in [1.82, 2.24) is 5.32 Å². The van der Waals surface area contributed by atoms with Crippen LogP contribution >= 0.6 is 0 Å². The lowest BCUT2D eigenvalue weighted by atomic mass is 10.1. The van der Waals surface area contributed by atoms with Gasteiger partial charge in [-0.15, -0.1) is 0 Å². The number of benzene rings is 1. The van der Waals surface area contributed by atoms with E-state index in [1.165, 1.54) is 16.8 Å². The molecule has 0 spiro atoms. The number of aliphatic hydroxyl groups is 1. The third-order valence-corrected chi connectivity index (χ3v) is 4.13. The Hall–Kier alpha value is -1.06. The first-order valence-corrected chi connectivity index (χ1v) is 7.29. The van der Waals surface area contributed by atoms with Crippen LogP contribution in [0.5, 0.6) is 0 Å². The van der Waals surface area contributed by atoms with Gasteiger partial charge in [0.15, 0.2) is 0 Å². The summed E-state index contributed by atoms with van der Waals surface area (Å²) < 4.78 is 0. The zero-order valence-electron chi connectivity index (χ0n) is 12.3. The van der Waals surface area contributed by atoms with Crippen LogP contribution in [0.1, 0.15) is 30.9 Å². The van der Waals surface area contributed by atoms with Gasteiger partial charge in [-0.3, -0.25) is 0 Å². The first-order valence-electron chi connectivity index (χ1n) is 7.29. The highest BCUT2D eigenvalue weighted by Gasteiger charge is 2.21. The molecule has 3 nitrogen and oxygen atoms in total. The molecule has 2 atom stereocenters. The molecule has 1 aromatic rings. The van der Waals surface area contributed by atoms with E-state index in [1.807, 2.05) is 0 Å². The summed E-state index contributed by atoms with van der Waals surface area (Å²) in [4.78, 5) is 2.45. The van der Waals surface area contributed by atoms with Crippen molar-refractivity contribution in [2.45, 2.75) is 45.7 Å². The highest BCUT2D eigenvalue weighted by molar-refractivity contribution is 5.51. The molecule has 1 aromatic carbocycles. The van der Waals surface area contributed by atoms with Crippen molar-refractivity contribution in [3.05, 3.63) is 29.3 Å². The minimum absolute atomic E-state index is 0.255. The van der Waals surface area contributed by atoms with E-state index >= 15 is 0 Å². The molecule has 106 valence electrons. The van der Waals surface area contributed by atoms with Crippen LogP contribution in [0.15, 0.2) is 18.2 Å². The fourth-order valence-electron chi connectivity index (χ4n) is 2.73. The second-order valence-corrected chi connectivity index (χ2v) is 5.78. The van der Waals surface area contributed by atoms with Crippen LogP contribution in [0.3, 0.4) is 0 Å². The maximum atomic E-state index is 9.18. The molecule has 0 radical (unpaired) electrons. The molecule has 1 heterocycles. The number of aliphatic hydroxyl groups excluding tert-OH is 1. The van der Waals surface area contributed by atoms with Gasteiger partial charge in [0.2, 0.25) is 0 Å². The molecule has 0 amide bonds. The van der Waals surface area contributed by atoms with Crippen LogP contribution in [-0.4, -0.2) is 36.9 Å². The van der Waals surface area contributed by atoms with Crippen LogP contribution in [0, 0.1) is 13.8 Å². The largest absolute Gasteiger partial charge is 0.396 e. The van der Waals surface area contributed by atoms with Crippen molar-refractivity contribution >= 4 is 5.69 Å². The van der Waals surface area contributed by atoms with Crippen LogP contribution in [0.4, 0.5) is 5.69 Å². The Morgan fingerprint density at radius 1 is 1.32 bits per heavy atom. The molecular formula is C16H26N2O. The highest BCUT2D eigenvalue weighted by Crippen LogP contribution is 2.21. The van der Waals surface area contributed by atoms with E-state index in [2.05, 4.69) is 49.2 Å². The fourth-order valence-corrected chi connectivity index (χ4v) is 2.73. The SMILES string of the molecule is Cc1ccc(N2CCC(C)NC(CCO)C2)cc1C. The van der Waals surface area contributed by atoms with Gasteiger partial charge in [-0.05, 0) is 56.9 Å². The highest BCUT2D eigenvalue weighted by atomic mass is 16.3. The van der Waals surface area contributed by atoms with Crippen LogP contribution in [-0.2, 0) is 0 Å². The Labute approximate surface area is 116 Å². The molecule has 3 heteroatoms. The van der Waals surface area contributed by atoms with Crippen molar-refractivity contribution in [3.8, 4) is 0 Å². The molecular weight excluding hydrogens is 236 g/mol. The van der Waals surface area contributed by atoms with Crippen LogP contribution in [0.25, 0.3) is 0 Å². The zero-order chi connectivity index (χ0) is 13.8. The van der Waals surface area contributed by atoms with Crippen molar-refractivity contribution in [2.24, 2.45) is 0 Å². The van der Waals surface area contributed by atoms with Gasteiger partial charge in [-0.1, -0.05) is 6.07 Å². The molecule has 0 bridgehead atoms. The lowest BCUT2D eigenvalue weighted by Crippen LogP contribution is -2.40. The minimum Gasteiger partial charge on any atom is -0.396 e. The third kappa shape index (κ3) is 3.71. The summed E-state index contributed by atoms with van der Waals surface area (Å²) in [6, 6.07) is 7.60. The fraction of sp³-hybridized carbons (Fsp3) is 0.625. The molecule has 1 aliphatic heterocycles. The summed E-state index contributed by atoms with van der Waals surface area (Å²) in [5.41, 5.74) is 4.00. The van der Waals surface area contributed by atoms with E-state index in [0.29, 0.717) is 12.1 Å². The van der Waals surface area contributed by atoms with E-state index in [4.69, 9.17) is 0 Å². The number of anilines is 1. The molecule has 1 saturated heterocycles. The number of aryl methyl sites for hydroxylation is 2. The van der Waals surface area contributed by atoms with Gasteiger partial charge in [-0.25, -0.2) is 0 Å². The van der Waals surface area contributed by atoms with Gasteiger partial charge in [0, 0.05) is 37.5 Å². The Bertz CT molecular complexity index is 419. The van der Waals surface area contributed by atoms with Gasteiger partial charge < -0.3 is 15.3 Å². The van der Waals surface area contributed by atoms with Crippen molar-refractivity contribution < 1.29 is 5.11 Å². The molecule has 1 aliphatic rings. The summed E-state index contributed by atoms with van der Waals surface area (Å²) in [6.07, 6.45) is 1.97. The van der Waals surface area contributed by atoms with E-state index < -0.39 is 0 Å². The first kappa shape index (κ1) is 14.4. The average Bonchev–Trinajstić information content (AvgIpc) is 2.55. The van der Waals surface area contributed by atoms with E-state index in [-0.39, 0.29) is 6.61 Å². The van der Waals surface area contributed by atoms with Crippen LogP contribution < -0.4 is 10.2 Å². The predicted molar refractivity (Wildman–Crippen MR) is 80.8 cm³/mol. The van der Waals surface area contributed by atoms with E-state index in [0.717, 1.165) is 25.9 Å². The Morgan fingerprint density at radius 3 is 2.79 bits per heavy atom. The van der Waals surface area contributed by atoms with Gasteiger partial charge >= 0.3 is 0 Å². The monoisotopic (exact) mass is 262 g/mol. The molecule has 0 aromatic heterocycles. The smallest absolute Gasteiger partial charge is 0.0446 e. The first-order chi connectivity index (χ1) is 9.10. The summed E-state index contributed by atoms with van der Waals surface area (Å²) in [7, 11) is 0. The number of hydrogen-bond acceptors (Lipinski definition) is 3. The maximum Gasteiger partial charge on any atom is 0.0446 e.